The van der Waals surface area contributed by atoms with Gasteiger partial charge in [0, 0.05) is 13.1 Å². The Bertz CT molecular complexity index is 1040. The second-order valence-corrected chi connectivity index (χ2v) is 9.70. The molecule has 0 fully saturated rings. The van der Waals surface area contributed by atoms with Crippen LogP contribution in [0.1, 0.15) is 31.1 Å². The van der Waals surface area contributed by atoms with Crippen molar-refractivity contribution in [1.29, 1.82) is 0 Å². The van der Waals surface area contributed by atoms with Crippen LogP contribution in [-0.4, -0.2) is 46.8 Å². The fourth-order valence-electron chi connectivity index (χ4n) is 2.64. The first-order valence-corrected chi connectivity index (χ1v) is 11.7. The zero-order valence-corrected chi connectivity index (χ0v) is 17.6. The molecule has 28 heavy (non-hydrogen) atoms. The Labute approximate surface area is 165 Å². The van der Waals surface area contributed by atoms with E-state index < -0.39 is 25.8 Å². The van der Waals surface area contributed by atoms with Crippen LogP contribution >= 0.6 is 0 Å². The number of sulfonamides is 1. The van der Waals surface area contributed by atoms with Crippen LogP contribution in [-0.2, 0) is 24.6 Å². The number of hydrogen-bond acceptors (Lipinski definition) is 6. The third-order valence-electron chi connectivity index (χ3n) is 4.13. The standard InChI is InChI=1S/C19H23NO6S2/c1-4-20(5-2)28(24,25)17-12-10-16(11-13-17)27(22,23)18-9-7-8-15(14-18)19(21)26-6-3/h7-14H,4-6H2,1-3H3. The van der Waals surface area contributed by atoms with Gasteiger partial charge in [-0.2, -0.15) is 4.31 Å². The number of rotatable bonds is 8. The van der Waals surface area contributed by atoms with Gasteiger partial charge < -0.3 is 4.74 Å². The van der Waals surface area contributed by atoms with Crippen molar-refractivity contribution in [3.8, 4) is 0 Å². The molecule has 0 amide bonds. The molecule has 2 aromatic carbocycles. The summed E-state index contributed by atoms with van der Waals surface area (Å²) < 4.78 is 57.0. The molecule has 0 atom stereocenters. The topological polar surface area (TPSA) is 97.8 Å². The highest BCUT2D eigenvalue weighted by Gasteiger charge is 2.24. The smallest absolute Gasteiger partial charge is 0.338 e. The highest BCUT2D eigenvalue weighted by molar-refractivity contribution is 7.91. The highest BCUT2D eigenvalue weighted by Crippen LogP contribution is 2.24. The minimum atomic E-state index is -3.92. The quantitative estimate of drug-likeness (QED) is 0.603. The van der Waals surface area contributed by atoms with Crippen LogP contribution in [0.15, 0.2) is 63.2 Å². The molecule has 0 bridgehead atoms. The zero-order valence-electron chi connectivity index (χ0n) is 16.0. The maximum Gasteiger partial charge on any atom is 0.338 e. The van der Waals surface area contributed by atoms with Crippen molar-refractivity contribution in [2.24, 2.45) is 0 Å². The number of hydrogen-bond donors (Lipinski definition) is 0. The van der Waals surface area contributed by atoms with Crippen molar-refractivity contribution in [2.45, 2.75) is 35.5 Å². The summed E-state index contributed by atoms with van der Waals surface area (Å²) in [6.07, 6.45) is 0. The Hall–Kier alpha value is -2.23. The second kappa shape index (κ2) is 8.85. The molecule has 0 aliphatic carbocycles. The molecular formula is C19H23NO6S2. The first kappa shape index (κ1) is 22.1. The van der Waals surface area contributed by atoms with E-state index >= 15 is 0 Å². The molecule has 2 rings (SSSR count). The van der Waals surface area contributed by atoms with E-state index in [-0.39, 0.29) is 26.9 Å². The van der Waals surface area contributed by atoms with E-state index in [0.717, 1.165) is 0 Å². The van der Waals surface area contributed by atoms with Gasteiger partial charge in [-0.05, 0) is 49.4 Å². The van der Waals surface area contributed by atoms with Crippen LogP contribution in [0, 0.1) is 0 Å². The molecule has 0 aliphatic rings. The number of carbonyl (C=O) groups is 1. The predicted molar refractivity (Wildman–Crippen MR) is 104 cm³/mol. The summed E-state index contributed by atoms with van der Waals surface area (Å²) in [5.74, 6) is -0.611. The van der Waals surface area contributed by atoms with Crippen LogP contribution in [0.3, 0.4) is 0 Å². The fraction of sp³-hybridized carbons (Fsp3) is 0.316. The largest absolute Gasteiger partial charge is 0.462 e. The molecule has 0 saturated heterocycles. The van der Waals surface area contributed by atoms with Gasteiger partial charge in [0.15, 0.2) is 0 Å². The van der Waals surface area contributed by atoms with Gasteiger partial charge >= 0.3 is 5.97 Å². The molecule has 152 valence electrons. The lowest BCUT2D eigenvalue weighted by Gasteiger charge is -2.18. The van der Waals surface area contributed by atoms with E-state index in [1.165, 1.54) is 52.8 Å². The van der Waals surface area contributed by atoms with Gasteiger partial charge in [0.25, 0.3) is 0 Å². The van der Waals surface area contributed by atoms with Crippen molar-refractivity contribution in [3.63, 3.8) is 0 Å². The van der Waals surface area contributed by atoms with Gasteiger partial charge in [-0.1, -0.05) is 19.9 Å². The van der Waals surface area contributed by atoms with Crippen molar-refractivity contribution >= 4 is 25.8 Å². The SMILES string of the molecule is CCOC(=O)c1cccc(S(=O)(=O)c2ccc(S(=O)(=O)N(CC)CC)cc2)c1. The van der Waals surface area contributed by atoms with Gasteiger partial charge in [0.05, 0.1) is 26.9 Å². The predicted octanol–water partition coefficient (Wildman–Crippen LogP) is 2.73. The molecule has 0 unspecified atom stereocenters. The summed E-state index contributed by atoms with van der Waals surface area (Å²) in [5, 5.41) is 0. The van der Waals surface area contributed by atoms with E-state index in [1.807, 2.05) is 0 Å². The summed E-state index contributed by atoms with van der Waals surface area (Å²) in [6.45, 7) is 5.94. The first-order chi connectivity index (χ1) is 13.2. The van der Waals surface area contributed by atoms with Crippen molar-refractivity contribution < 1.29 is 26.4 Å². The molecule has 7 nitrogen and oxygen atoms in total. The van der Waals surface area contributed by atoms with Crippen molar-refractivity contribution in [2.75, 3.05) is 19.7 Å². The normalized spacial score (nSPS) is 12.1. The third-order valence-corrected chi connectivity index (χ3v) is 7.96. The van der Waals surface area contributed by atoms with E-state index in [2.05, 4.69) is 0 Å². The summed E-state index contributed by atoms with van der Waals surface area (Å²) in [4.78, 5) is 11.7. The Balaban J connectivity index is 2.40. The lowest BCUT2D eigenvalue weighted by Crippen LogP contribution is -2.30. The van der Waals surface area contributed by atoms with Gasteiger partial charge in [-0.15, -0.1) is 0 Å². The first-order valence-electron chi connectivity index (χ1n) is 8.81. The third kappa shape index (κ3) is 4.43. The van der Waals surface area contributed by atoms with Crippen LogP contribution in [0.4, 0.5) is 0 Å². The maximum atomic E-state index is 12.9. The number of nitrogens with zero attached hydrogens (tertiary/aromatic N) is 1. The summed E-state index contributed by atoms with van der Waals surface area (Å²) >= 11 is 0. The Morgan fingerprint density at radius 2 is 1.43 bits per heavy atom. The van der Waals surface area contributed by atoms with Crippen LogP contribution in [0.5, 0.6) is 0 Å². The lowest BCUT2D eigenvalue weighted by molar-refractivity contribution is 0.0526. The second-order valence-electron chi connectivity index (χ2n) is 5.81. The van der Waals surface area contributed by atoms with Gasteiger partial charge in [0.2, 0.25) is 19.9 Å². The van der Waals surface area contributed by atoms with Crippen molar-refractivity contribution in [1.82, 2.24) is 4.31 Å². The zero-order chi connectivity index (χ0) is 20.9. The van der Waals surface area contributed by atoms with E-state index in [0.29, 0.717) is 13.1 Å². The fourth-order valence-corrected chi connectivity index (χ4v) is 5.41. The molecule has 0 aromatic heterocycles. The number of benzene rings is 2. The maximum absolute atomic E-state index is 12.9. The number of sulfone groups is 1. The number of carbonyl (C=O) groups excluding carboxylic acids is 1. The van der Waals surface area contributed by atoms with Crippen molar-refractivity contribution in [3.05, 3.63) is 54.1 Å². The molecule has 9 heteroatoms. The van der Waals surface area contributed by atoms with E-state index in [9.17, 15) is 21.6 Å². The molecule has 0 heterocycles. The van der Waals surface area contributed by atoms with Gasteiger partial charge in [0.1, 0.15) is 0 Å². The number of ether oxygens (including phenoxy) is 1. The van der Waals surface area contributed by atoms with Gasteiger partial charge in [-0.3, -0.25) is 0 Å². The van der Waals surface area contributed by atoms with Crippen LogP contribution < -0.4 is 0 Å². The number of esters is 1. The summed E-state index contributed by atoms with van der Waals surface area (Å²) in [5.41, 5.74) is 0.128. The molecule has 0 spiro atoms. The molecular weight excluding hydrogens is 402 g/mol. The average Bonchev–Trinajstić information content (AvgIpc) is 2.69. The van der Waals surface area contributed by atoms with Crippen LogP contribution in [0.2, 0.25) is 0 Å². The van der Waals surface area contributed by atoms with E-state index in [4.69, 9.17) is 4.74 Å². The monoisotopic (exact) mass is 425 g/mol. The summed E-state index contributed by atoms with van der Waals surface area (Å²) in [6, 6.07) is 10.6. The Morgan fingerprint density at radius 1 is 0.857 bits per heavy atom. The van der Waals surface area contributed by atoms with E-state index in [1.54, 1.807) is 20.8 Å². The molecule has 2 aromatic rings. The molecule has 0 radical (unpaired) electrons. The highest BCUT2D eigenvalue weighted by atomic mass is 32.2. The lowest BCUT2D eigenvalue weighted by atomic mass is 10.2. The summed E-state index contributed by atoms with van der Waals surface area (Å²) in [7, 11) is -7.59. The average molecular weight is 426 g/mol. The molecule has 0 N–H and O–H groups in total. The minimum Gasteiger partial charge on any atom is -0.462 e. The minimum absolute atomic E-state index is 0.0235. The molecule has 0 aliphatic heterocycles. The van der Waals surface area contributed by atoms with Crippen LogP contribution in [0.25, 0.3) is 0 Å². The Morgan fingerprint density at radius 3 is 1.96 bits per heavy atom. The Kier molecular flexibility index (Phi) is 6.97. The molecule has 0 saturated carbocycles. The van der Waals surface area contributed by atoms with Gasteiger partial charge in [-0.25, -0.2) is 21.6 Å².